The maximum atomic E-state index is 11.6. The van der Waals surface area contributed by atoms with E-state index in [0.717, 1.165) is 11.1 Å². The summed E-state index contributed by atoms with van der Waals surface area (Å²) >= 11 is 6.02. The van der Waals surface area contributed by atoms with Crippen LogP contribution in [0.5, 0.6) is 5.75 Å². The van der Waals surface area contributed by atoms with Gasteiger partial charge in [-0.1, -0.05) is 11.6 Å². The fraction of sp³-hybridized carbons (Fsp3) is 0.462. The molecule has 0 spiro atoms. The van der Waals surface area contributed by atoms with E-state index < -0.39 is 0 Å². The van der Waals surface area contributed by atoms with E-state index in [1.54, 1.807) is 13.2 Å². The van der Waals surface area contributed by atoms with Crippen LogP contribution in [0.4, 0.5) is 0 Å². The van der Waals surface area contributed by atoms with E-state index in [2.05, 4.69) is 0 Å². The molecule has 4 heteroatoms. The van der Waals surface area contributed by atoms with Gasteiger partial charge in [-0.05, 0) is 38.5 Å². The van der Waals surface area contributed by atoms with Crippen molar-refractivity contribution in [1.29, 1.82) is 0 Å². The molecule has 0 aliphatic heterocycles. The van der Waals surface area contributed by atoms with Crippen LogP contribution < -0.4 is 4.74 Å². The first kappa shape index (κ1) is 13.8. The van der Waals surface area contributed by atoms with Crippen molar-refractivity contribution in [1.82, 2.24) is 0 Å². The Labute approximate surface area is 107 Å². The normalized spacial score (nSPS) is 10.5. The molecule has 0 saturated heterocycles. The summed E-state index contributed by atoms with van der Waals surface area (Å²) in [5.74, 6) is 0.380. The molecule has 0 aliphatic rings. The van der Waals surface area contributed by atoms with Crippen molar-refractivity contribution in [3.63, 3.8) is 0 Å². The molecule has 0 radical (unpaired) electrons. The van der Waals surface area contributed by atoms with Crippen LogP contribution in [0.1, 0.15) is 25.0 Å². The van der Waals surface area contributed by atoms with E-state index in [9.17, 15) is 4.79 Å². The van der Waals surface area contributed by atoms with E-state index in [1.165, 1.54) is 0 Å². The molecule has 17 heavy (non-hydrogen) atoms. The molecule has 0 unspecified atom stereocenters. The van der Waals surface area contributed by atoms with Crippen molar-refractivity contribution in [2.45, 2.75) is 33.3 Å². The molecular formula is C13H17ClO3. The van der Waals surface area contributed by atoms with Gasteiger partial charge in [-0.3, -0.25) is 4.79 Å². The average molecular weight is 257 g/mol. The van der Waals surface area contributed by atoms with Gasteiger partial charge in [0.25, 0.3) is 0 Å². The lowest BCUT2D eigenvalue weighted by atomic mass is 10.1. The Morgan fingerprint density at radius 2 is 2.06 bits per heavy atom. The molecule has 0 heterocycles. The lowest BCUT2D eigenvalue weighted by Gasteiger charge is -2.12. The smallest absolute Gasteiger partial charge is 0.310 e. The Morgan fingerprint density at radius 1 is 1.41 bits per heavy atom. The van der Waals surface area contributed by atoms with Gasteiger partial charge in [-0.25, -0.2) is 0 Å². The number of halogens is 1. The van der Waals surface area contributed by atoms with Crippen LogP contribution in [0.15, 0.2) is 12.1 Å². The minimum absolute atomic E-state index is 0.116. The summed E-state index contributed by atoms with van der Waals surface area (Å²) in [5.41, 5.74) is 1.67. The summed E-state index contributed by atoms with van der Waals surface area (Å²) in [7, 11) is 1.57. The highest BCUT2D eigenvalue weighted by Gasteiger charge is 2.13. The quantitative estimate of drug-likeness (QED) is 0.777. The number of benzene rings is 1. The lowest BCUT2D eigenvalue weighted by Crippen LogP contribution is -2.14. The number of carbonyl (C=O) groups is 1. The fourth-order valence-electron chi connectivity index (χ4n) is 1.48. The largest absolute Gasteiger partial charge is 0.496 e. The minimum atomic E-state index is -0.279. The zero-order chi connectivity index (χ0) is 13.0. The molecule has 0 aromatic heterocycles. The van der Waals surface area contributed by atoms with Crippen molar-refractivity contribution in [2.75, 3.05) is 7.11 Å². The summed E-state index contributed by atoms with van der Waals surface area (Å²) in [6.07, 6.45) is 0.0517. The van der Waals surface area contributed by atoms with Gasteiger partial charge in [0, 0.05) is 10.6 Å². The molecule has 0 atom stereocenters. The minimum Gasteiger partial charge on any atom is -0.496 e. The Balaban J connectivity index is 2.90. The van der Waals surface area contributed by atoms with Crippen LogP contribution in [0.25, 0.3) is 0 Å². The van der Waals surface area contributed by atoms with Crippen LogP contribution in [0.2, 0.25) is 5.02 Å². The van der Waals surface area contributed by atoms with E-state index in [1.807, 2.05) is 26.8 Å². The van der Waals surface area contributed by atoms with E-state index >= 15 is 0 Å². The van der Waals surface area contributed by atoms with Crippen LogP contribution >= 0.6 is 11.6 Å². The lowest BCUT2D eigenvalue weighted by molar-refractivity contribution is -0.146. The first-order valence-electron chi connectivity index (χ1n) is 5.46. The molecule has 1 aromatic carbocycles. The number of ether oxygens (including phenoxy) is 2. The van der Waals surface area contributed by atoms with Gasteiger partial charge < -0.3 is 9.47 Å². The Bertz CT molecular complexity index is 413. The van der Waals surface area contributed by atoms with Crippen molar-refractivity contribution in [2.24, 2.45) is 0 Å². The molecule has 94 valence electrons. The SMILES string of the molecule is COc1cc(C)c(Cl)cc1CC(=O)OC(C)C. The highest BCUT2D eigenvalue weighted by Crippen LogP contribution is 2.27. The van der Waals surface area contributed by atoms with E-state index in [4.69, 9.17) is 21.1 Å². The third kappa shape index (κ3) is 3.93. The standard InChI is InChI=1S/C13H17ClO3/c1-8(2)17-13(15)7-10-6-11(14)9(3)5-12(10)16-4/h5-6,8H,7H2,1-4H3. The second kappa shape index (κ2) is 5.92. The monoisotopic (exact) mass is 256 g/mol. The molecule has 1 rings (SSSR count). The number of esters is 1. The summed E-state index contributed by atoms with van der Waals surface area (Å²) < 4.78 is 10.3. The molecular weight excluding hydrogens is 240 g/mol. The van der Waals surface area contributed by atoms with E-state index in [0.29, 0.717) is 10.8 Å². The highest BCUT2D eigenvalue weighted by molar-refractivity contribution is 6.31. The average Bonchev–Trinajstić information content (AvgIpc) is 2.21. The molecule has 3 nitrogen and oxygen atoms in total. The van der Waals surface area contributed by atoms with Gasteiger partial charge >= 0.3 is 5.97 Å². The number of carbonyl (C=O) groups excluding carboxylic acids is 1. The van der Waals surface area contributed by atoms with Gasteiger partial charge in [0.1, 0.15) is 5.75 Å². The van der Waals surface area contributed by atoms with Crippen molar-refractivity contribution >= 4 is 17.6 Å². The topological polar surface area (TPSA) is 35.5 Å². The van der Waals surface area contributed by atoms with Crippen LogP contribution in [-0.2, 0) is 16.0 Å². The van der Waals surface area contributed by atoms with Gasteiger partial charge in [0.15, 0.2) is 0 Å². The first-order valence-corrected chi connectivity index (χ1v) is 5.84. The number of hydrogen-bond acceptors (Lipinski definition) is 3. The third-order valence-electron chi connectivity index (χ3n) is 2.26. The third-order valence-corrected chi connectivity index (χ3v) is 2.67. The number of aryl methyl sites for hydroxylation is 1. The Morgan fingerprint density at radius 3 is 2.59 bits per heavy atom. The molecule has 0 amide bonds. The second-order valence-corrected chi connectivity index (χ2v) is 4.54. The van der Waals surface area contributed by atoms with Crippen LogP contribution in [-0.4, -0.2) is 19.2 Å². The number of hydrogen-bond donors (Lipinski definition) is 0. The van der Waals surface area contributed by atoms with Gasteiger partial charge in [0.2, 0.25) is 0 Å². The zero-order valence-corrected chi connectivity index (χ0v) is 11.3. The number of methoxy groups -OCH3 is 1. The maximum Gasteiger partial charge on any atom is 0.310 e. The predicted molar refractivity (Wildman–Crippen MR) is 67.7 cm³/mol. The van der Waals surface area contributed by atoms with Crippen molar-refractivity contribution < 1.29 is 14.3 Å². The molecule has 0 fully saturated rings. The fourth-order valence-corrected chi connectivity index (χ4v) is 1.67. The van der Waals surface area contributed by atoms with Gasteiger partial charge in [-0.2, -0.15) is 0 Å². The van der Waals surface area contributed by atoms with Crippen LogP contribution in [0, 0.1) is 6.92 Å². The first-order chi connectivity index (χ1) is 7.93. The second-order valence-electron chi connectivity index (χ2n) is 4.13. The molecule has 1 aromatic rings. The number of rotatable bonds is 4. The summed E-state index contributed by atoms with van der Waals surface area (Å²) in [5, 5.41) is 0.623. The Hall–Kier alpha value is -1.22. The summed E-state index contributed by atoms with van der Waals surface area (Å²) in [6.45, 7) is 5.52. The Kier molecular flexibility index (Phi) is 4.82. The zero-order valence-electron chi connectivity index (χ0n) is 10.5. The van der Waals surface area contributed by atoms with E-state index in [-0.39, 0.29) is 18.5 Å². The highest BCUT2D eigenvalue weighted by atomic mass is 35.5. The summed E-state index contributed by atoms with van der Waals surface area (Å²) in [4.78, 5) is 11.6. The van der Waals surface area contributed by atoms with Crippen molar-refractivity contribution in [3.05, 3.63) is 28.3 Å². The molecule has 0 saturated carbocycles. The van der Waals surface area contributed by atoms with Gasteiger partial charge in [0.05, 0.1) is 19.6 Å². The van der Waals surface area contributed by atoms with Gasteiger partial charge in [-0.15, -0.1) is 0 Å². The molecule has 0 bridgehead atoms. The summed E-state index contributed by atoms with van der Waals surface area (Å²) in [6, 6.07) is 3.57. The molecule has 0 aliphatic carbocycles. The van der Waals surface area contributed by atoms with Crippen molar-refractivity contribution in [3.8, 4) is 5.75 Å². The van der Waals surface area contributed by atoms with Crippen LogP contribution in [0.3, 0.4) is 0 Å². The molecule has 0 N–H and O–H groups in total. The maximum absolute atomic E-state index is 11.6. The predicted octanol–water partition coefficient (Wildman–Crippen LogP) is 3.15.